The smallest absolute Gasteiger partial charge is 0.220 e. The molecule has 19 heavy (non-hydrogen) atoms. The van der Waals surface area contributed by atoms with E-state index in [1.165, 1.54) is 6.26 Å². The van der Waals surface area contributed by atoms with E-state index in [0.717, 1.165) is 12.8 Å². The van der Waals surface area contributed by atoms with Gasteiger partial charge in [-0.1, -0.05) is 13.8 Å². The van der Waals surface area contributed by atoms with Crippen LogP contribution < -0.4 is 11.1 Å². The van der Waals surface area contributed by atoms with Crippen molar-refractivity contribution < 1.29 is 13.2 Å². The van der Waals surface area contributed by atoms with Gasteiger partial charge in [-0.2, -0.15) is 0 Å². The second-order valence-electron chi connectivity index (χ2n) is 5.68. The second kappa shape index (κ2) is 8.53. The molecule has 2 atom stereocenters. The number of amides is 1. The molecule has 0 aromatic carbocycles. The van der Waals surface area contributed by atoms with E-state index in [0.29, 0.717) is 24.8 Å². The van der Waals surface area contributed by atoms with Crippen molar-refractivity contribution in [3.63, 3.8) is 0 Å². The molecule has 0 rings (SSSR count). The first kappa shape index (κ1) is 18.4. The number of carbonyl (C=O) groups excluding carboxylic acids is 1. The zero-order chi connectivity index (χ0) is 15.1. The molecule has 0 radical (unpaired) electrons. The molecule has 0 aromatic rings. The summed E-state index contributed by atoms with van der Waals surface area (Å²) in [5, 5.41) is 2.72. The van der Waals surface area contributed by atoms with Gasteiger partial charge in [0.1, 0.15) is 9.84 Å². The number of rotatable bonds is 9. The Kier molecular flexibility index (Phi) is 8.25. The summed E-state index contributed by atoms with van der Waals surface area (Å²) < 4.78 is 22.2. The number of sulfone groups is 1. The fourth-order valence-electron chi connectivity index (χ4n) is 2.18. The molecule has 5 nitrogen and oxygen atoms in total. The van der Waals surface area contributed by atoms with E-state index in [2.05, 4.69) is 19.2 Å². The van der Waals surface area contributed by atoms with E-state index in [-0.39, 0.29) is 17.7 Å². The molecule has 2 unspecified atom stereocenters. The maximum absolute atomic E-state index is 11.7. The van der Waals surface area contributed by atoms with E-state index in [9.17, 15) is 13.2 Å². The monoisotopic (exact) mass is 292 g/mol. The minimum atomic E-state index is -3.05. The van der Waals surface area contributed by atoms with E-state index >= 15 is 0 Å². The zero-order valence-corrected chi connectivity index (χ0v) is 13.3. The van der Waals surface area contributed by atoms with Crippen molar-refractivity contribution in [2.24, 2.45) is 17.6 Å². The predicted molar refractivity (Wildman–Crippen MR) is 78.5 cm³/mol. The van der Waals surface area contributed by atoms with Gasteiger partial charge < -0.3 is 11.1 Å². The molecule has 0 aromatic heterocycles. The largest absolute Gasteiger partial charge is 0.353 e. The highest BCUT2D eigenvalue weighted by Gasteiger charge is 2.16. The summed E-state index contributed by atoms with van der Waals surface area (Å²) >= 11 is 0. The first-order valence-electron chi connectivity index (χ1n) is 6.82. The molecule has 0 bridgehead atoms. The van der Waals surface area contributed by atoms with Crippen LogP contribution in [0.4, 0.5) is 0 Å². The Morgan fingerprint density at radius 3 is 2.21 bits per heavy atom. The topological polar surface area (TPSA) is 89.3 Å². The summed E-state index contributed by atoms with van der Waals surface area (Å²) in [6, 6.07) is -0.338. The average molecular weight is 292 g/mol. The summed E-state index contributed by atoms with van der Waals surface area (Å²) in [5.41, 5.74) is 5.56. The van der Waals surface area contributed by atoms with Gasteiger partial charge in [-0.25, -0.2) is 8.42 Å². The molecule has 114 valence electrons. The van der Waals surface area contributed by atoms with Gasteiger partial charge in [-0.3, -0.25) is 4.79 Å². The standard InChI is InChI=1S/C13H28N2O3S/c1-10(2)12(7-8-14)5-6-13(16)15-11(3)9-19(4,17)18/h10-12H,5-9,14H2,1-4H3,(H,15,16). The lowest BCUT2D eigenvalue weighted by Gasteiger charge is -2.20. The van der Waals surface area contributed by atoms with Crippen LogP contribution in [0.15, 0.2) is 0 Å². The van der Waals surface area contributed by atoms with Gasteiger partial charge in [0.15, 0.2) is 0 Å². The van der Waals surface area contributed by atoms with Crippen LogP contribution in [0.2, 0.25) is 0 Å². The molecule has 0 heterocycles. The zero-order valence-electron chi connectivity index (χ0n) is 12.5. The molecule has 0 spiro atoms. The third-order valence-corrected chi connectivity index (χ3v) is 4.29. The van der Waals surface area contributed by atoms with Gasteiger partial charge in [0.2, 0.25) is 5.91 Å². The van der Waals surface area contributed by atoms with Gasteiger partial charge in [-0.15, -0.1) is 0 Å². The SMILES string of the molecule is CC(CS(C)(=O)=O)NC(=O)CCC(CCN)C(C)C. The third kappa shape index (κ3) is 9.90. The Bertz CT molecular complexity index is 366. The lowest BCUT2D eigenvalue weighted by atomic mass is 9.88. The van der Waals surface area contributed by atoms with E-state index in [4.69, 9.17) is 5.73 Å². The highest BCUT2D eigenvalue weighted by molar-refractivity contribution is 7.90. The fraction of sp³-hybridized carbons (Fsp3) is 0.923. The molecule has 0 aliphatic carbocycles. The van der Waals surface area contributed by atoms with E-state index in [1.54, 1.807) is 6.92 Å². The van der Waals surface area contributed by atoms with Gasteiger partial charge in [-0.05, 0) is 38.1 Å². The summed E-state index contributed by atoms with van der Waals surface area (Å²) in [5.74, 6) is 0.847. The van der Waals surface area contributed by atoms with Crippen LogP contribution in [0.5, 0.6) is 0 Å². The van der Waals surface area contributed by atoms with Gasteiger partial charge >= 0.3 is 0 Å². The molecule has 0 fully saturated rings. The normalized spacial score (nSPS) is 15.3. The van der Waals surface area contributed by atoms with Crippen molar-refractivity contribution in [3.8, 4) is 0 Å². The minimum absolute atomic E-state index is 0.0187. The third-order valence-electron chi connectivity index (χ3n) is 3.18. The Balaban J connectivity index is 4.10. The van der Waals surface area contributed by atoms with Crippen molar-refractivity contribution >= 4 is 15.7 Å². The maximum atomic E-state index is 11.7. The number of hydrogen-bond acceptors (Lipinski definition) is 4. The van der Waals surface area contributed by atoms with Crippen molar-refractivity contribution in [1.29, 1.82) is 0 Å². The van der Waals surface area contributed by atoms with Crippen LogP contribution in [-0.2, 0) is 14.6 Å². The molecule has 0 saturated carbocycles. The molecule has 0 aliphatic rings. The minimum Gasteiger partial charge on any atom is -0.353 e. The van der Waals surface area contributed by atoms with Crippen molar-refractivity contribution in [3.05, 3.63) is 0 Å². The molecule has 6 heteroatoms. The fourth-order valence-corrected chi connectivity index (χ4v) is 3.18. The Hall–Kier alpha value is -0.620. The Labute approximate surface area is 117 Å². The van der Waals surface area contributed by atoms with Crippen molar-refractivity contribution in [2.75, 3.05) is 18.6 Å². The van der Waals surface area contributed by atoms with E-state index in [1.807, 2.05) is 0 Å². The highest BCUT2D eigenvalue weighted by atomic mass is 32.2. The van der Waals surface area contributed by atoms with Crippen LogP contribution in [0.3, 0.4) is 0 Å². The van der Waals surface area contributed by atoms with Crippen LogP contribution in [0.25, 0.3) is 0 Å². The average Bonchev–Trinajstić information content (AvgIpc) is 2.20. The lowest BCUT2D eigenvalue weighted by molar-refractivity contribution is -0.121. The molecule has 0 aliphatic heterocycles. The number of hydrogen-bond donors (Lipinski definition) is 2. The molecule has 1 amide bonds. The van der Waals surface area contributed by atoms with Crippen LogP contribution in [-0.4, -0.2) is 38.9 Å². The number of carbonyl (C=O) groups is 1. The van der Waals surface area contributed by atoms with Gasteiger partial charge in [0, 0.05) is 18.7 Å². The lowest BCUT2D eigenvalue weighted by Crippen LogP contribution is -2.37. The summed E-state index contributed by atoms with van der Waals surface area (Å²) in [6.07, 6.45) is 3.32. The van der Waals surface area contributed by atoms with Gasteiger partial charge in [0.05, 0.1) is 5.75 Å². The summed E-state index contributed by atoms with van der Waals surface area (Å²) in [7, 11) is -3.05. The molecular formula is C13H28N2O3S. The van der Waals surface area contributed by atoms with Crippen molar-refractivity contribution in [2.45, 2.75) is 46.1 Å². The summed E-state index contributed by atoms with van der Waals surface area (Å²) in [6.45, 7) is 6.60. The predicted octanol–water partition coefficient (Wildman–Crippen LogP) is 0.937. The van der Waals surface area contributed by atoms with Crippen LogP contribution in [0, 0.1) is 11.8 Å². The van der Waals surface area contributed by atoms with Crippen molar-refractivity contribution in [1.82, 2.24) is 5.32 Å². The molecule has 0 saturated heterocycles. The van der Waals surface area contributed by atoms with Gasteiger partial charge in [0.25, 0.3) is 0 Å². The second-order valence-corrected chi connectivity index (χ2v) is 7.87. The molecule has 3 N–H and O–H groups in total. The summed E-state index contributed by atoms with van der Waals surface area (Å²) in [4.78, 5) is 11.7. The first-order valence-corrected chi connectivity index (χ1v) is 8.89. The molecular weight excluding hydrogens is 264 g/mol. The quantitative estimate of drug-likeness (QED) is 0.662. The highest BCUT2D eigenvalue weighted by Crippen LogP contribution is 2.20. The number of nitrogens with two attached hydrogens (primary N) is 1. The van der Waals surface area contributed by atoms with Crippen LogP contribution >= 0.6 is 0 Å². The Morgan fingerprint density at radius 1 is 1.21 bits per heavy atom. The Morgan fingerprint density at radius 2 is 1.79 bits per heavy atom. The maximum Gasteiger partial charge on any atom is 0.220 e. The number of nitrogens with one attached hydrogen (secondary N) is 1. The first-order chi connectivity index (χ1) is 8.65. The van der Waals surface area contributed by atoms with Crippen LogP contribution in [0.1, 0.15) is 40.0 Å². The van der Waals surface area contributed by atoms with E-state index < -0.39 is 9.84 Å².